The van der Waals surface area contributed by atoms with E-state index in [-0.39, 0.29) is 0 Å². The van der Waals surface area contributed by atoms with Gasteiger partial charge in [0.05, 0.1) is 23.0 Å². The van der Waals surface area contributed by atoms with Gasteiger partial charge in [-0.2, -0.15) is 0 Å². The molecule has 94 valence electrons. The molecule has 0 heterocycles. The second kappa shape index (κ2) is 7.37. The summed E-state index contributed by atoms with van der Waals surface area (Å²) < 4.78 is 12.1. The van der Waals surface area contributed by atoms with Crippen molar-refractivity contribution in [2.75, 3.05) is 13.2 Å². The lowest BCUT2D eigenvalue weighted by atomic mass is 10.2. The molecule has 0 atom stereocenters. The monoisotopic (exact) mass is 349 g/mol. The van der Waals surface area contributed by atoms with E-state index in [0.717, 1.165) is 21.3 Å². The minimum absolute atomic E-state index is 0.568. The number of hydrogen-bond acceptors (Lipinski definition) is 4. The van der Waals surface area contributed by atoms with Crippen LogP contribution in [0.2, 0.25) is 0 Å². The van der Waals surface area contributed by atoms with Crippen molar-refractivity contribution >= 4 is 28.8 Å². The largest absolute Gasteiger partial charge is 0.490 e. The summed E-state index contributed by atoms with van der Waals surface area (Å²) in [5.74, 6) is 1.44. The van der Waals surface area contributed by atoms with E-state index in [1.807, 2.05) is 13.0 Å². The maximum absolute atomic E-state index is 8.54. The zero-order valence-electron chi connectivity index (χ0n) is 9.94. The van der Waals surface area contributed by atoms with Crippen molar-refractivity contribution < 1.29 is 14.7 Å². The predicted octanol–water partition coefficient (Wildman–Crippen LogP) is 3.29. The molecule has 1 rings (SSSR count). The molecule has 0 bridgehead atoms. The van der Waals surface area contributed by atoms with Crippen molar-refractivity contribution in [2.45, 2.75) is 20.3 Å². The third kappa shape index (κ3) is 4.07. The standard InChI is InChI=1S/C12H16INO3/c1-3-5-17-12-10(13)6-9(8-14-15)7-11(12)16-4-2/h6-8,15H,3-5H2,1-2H3/b14-8-. The Hall–Kier alpha value is -0.980. The highest BCUT2D eigenvalue weighted by atomic mass is 127. The molecule has 5 heteroatoms. The van der Waals surface area contributed by atoms with Crippen LogP contribution in [0.1, 0.15) is 25.8 Å². The van der Waals surface area contributed by atoms with Crippen LogP contribution < -0.4 is 9.47 Å². The van der Waals surface area contributed by atoms with E-state index in [4.69, 9.17) is 14.7 Å². The molecule has 17 heavy (non-hydrogen) atoms. The normalized spacial score (nSPS) is 10.8. The van der Waals surface area contributed by atoms with Gasteiger partial charge in [0, 0.05) is 5.56 Å². The Balaban J connectivity index is 3.08. The smallest absolute Gasteiger partial charge is 0.174 e. The average Bonchev–Trinajstić information content (AvgIpc) is 2.29. The molecule has 4 nitrogen and oxygen atoms in total. The van der Waals surface area contributed by atoms with Crippen LogP contribution in [-0.2, 0) is 0 Å². The van der Waals surface area contributed by atoms with Gasteiger partial charge in [-0.25, -0.2) is 0 Å². The second-order valence-corrected chi connectivity index (χ2v) is 4.52. The summed E-state index contributed by atoms with van der Waals surface area (Å²) >= 11 is 2.18. The predicted molar refractivity (Wildman–Crippen MR) is 75.5 cm³/mol. The van der Waals surface area contributed by atoms with Crippen molar-refractivity contribution in [3.05, 3.63) is 21.3 Å². The number of rotatable bonds is 6. The fourth-order valence-electron chi connectivity index (χ4n) is 1.34. The van der Waals surface area contributed by atoms with Gasteiger partial charge in [0.1, 0.15) is 0 Å². The lowest BCUT2D eigenvalue weighted by molar-refractivity contribution is 0.275. The first-order valence-electron chi connectivity index (χ1n) is 5.49. The van der Waals surface area contributed by atoms with Gasteiger partial charge in [0.25, 0.3) is 0 Å². The third-order valence-electron chi connectivity index (χ3n) is 1.99. The molecule has 1 aromatic carbocycles. The first-order chi connectivity index (χ1) is 8.22. The Kier molecular flexibility index (Phi) is 6.10. The van der Waals surface area contributed by atoms with E-state index in [0.29, 0.717) is 19.0 Å². The fourth-order valence-corrected chi connectivity index (χ4v) is 2.12. The van der Waals surface area contributed by atoms with E-state index >= 15 is 0 Å². The molecule has 0 radical (unpaired) electrons. The van der Waals surface area contributed by atoms with E-state index in [1.54, 1.807) is 6.07 Å². The van der Waals surface area contributed by atoms with Gasteiger partial charge in [-0.15, -0.1) is 0 Å². The van der Waals surface area contributed by atoms with Gasteiger partial charge >= 0.3 is 0 Å². The molecule has 0 spiro atoms. The van der Waals surface area contributed by atoms with Crippen LogP contribution >= 0.6 is 22.6 Å². The van der Waals surface area contributed by atoms with E-state index < -0.39 is 0 Å². The van der Waals surface area contributed by atoms with Gasteiger partial charge in [0.15, 0.2) is 11.5 Å². The van der Waals surface area contributed by atoms with Crippen LogP contribution in [0.25, 0.3) is 0 Å². The summed E-state index contributed by atoms with van der Waals surface area (Å²) in [4.78, 5) is 0. The lowest BCUT2D eigenvalue weighted by Gasteiger charge is -2.13. The van der Waals surface area contributed by atoms with Crippen LogP contribution in [0.3, 0.4) is 0 Å². The summed E-state index contributed by atoms with van der Waals surface area (Å²) in [5, 5.41) is 11.6. The van der Waals surface area contributed by atoms with E-state index in [2.05, 4.69) is 34.7 Å². The zero-order valence-corrected chi connectivity index (χ0v) is 12.1. The Labute approximate surface area is 115 Å². The van der Waals surface area contributed by atoms with Crippen LogP contribution in [0.5, 0.6) is 11.5 Å². The summed E-state index contributed by atoms with van der Waals surface area (Å²) in [7, 11) is 0. The highest BCUT2D eigenvalue weighted by Gasteiger charge is 2.11. The molecule has 0 saturated carbocycles. The fraction of sp³-hybridized carbons (Fsp3) is 0.417. The molecule has 0 aliphatic heterocycles. The number of hydrogen-bond donors (Lipinski definition) is 1. The molecule has 0 saturated heterocycles. The first kappa shape index (κ1) is 14.1. The number of ether oxygens (including phenoxy) is 2. The minimum Gasteiger partial charge on any atom is -0.490 e. The van der Waals surface area contributed by atoms with Crippen molar-refractivity contribution in [3.63, 3.8) is 0 Å². The number of nitrogens with zero attached hydrogens (tertiary/aromatic N) is 1. The SMILES string of the molecule is CCCOc1c(I)cc(/C=N\O)cc1OCC. The number of halogens is 1. The highest BCUT2D eigenvalue weighted by molar-refractivity contribution is 14.1. The lowest BCUT2D eigenvalue weighted by Crippen LogP contribution is -2.02. The summed E-state index contributed by atoms with van der Waals surface area (Å²) in [6.07, 6.45) is 2.32. The highest BCUT2D eigenvalue weighted by Crippen LogP contribution is 2.33. The second-order valence-electron chi connectivity index (χ2n) is 3.36. The summed E-state index contributed by atoms with van der Waals surface area (Å²) in [6, 6.07) is 3.68. The quantitative estimate of drug-likeness (QED) is 0.371. The Morgan fingerprint density at radius 3 is 2.71 bits per heavy atom. The minimum atomic E-state index is 0.568. The molecule has 0 aliphatic rings. The topological polar surface area (TPSA) is 51.0 Å². The van der Waals surface area contributed by atoms with Gasteiger partial charge in [0.2, 0.25) is 0 Å². The maximum atomic E-state index is 8.54. The van der Waals surface area contributed by atoms with Crippen LogP contribution in [0.15, 0.2) is 17.3 Å². The van der Waals surface area contributed by atoms with Crippen LogP contribution in [-0.4, -0.2) is 24.6 Å². The van der Waals surface area contributed by atoms with Crippen molar-refractivity contribution in [2.24, 2.45) is 5.16 Å². The van der Waals surface area contributed by atoms with Crippen LogP contribution in [0, 0.1) is 3.57 Å². The molecule has 0 fully saturated rings. The third-order valence-corrected chi connectivity index (χ3v) is 2.79. The van der Waals surface area contributed by atoms with Gasteiger partial charge in [-0.3, -0.25) is 0 Å². The van der Waals surface area contributed by atoms with Gasteiger partial charge in [-0.05, 0) is 48.1 Å². The molecular weight excluding hydrogens is 333 g/mol. The Bertz CT molecular complexity index is 394. The molecule has 1 N–H and O–H groups in total. The van der Waals surface area contributed by atoms with Crippen LogP contribution in [0.4, 0.5) is 0 Å². The molecular formula is C12H16INO3. The molecule has 1 aromatic rings. The van der Waals surface area contributed by atoms with Crippen molar-refractivity contribution in [3.8, 4) is 11.5 Å². The Morgan fingerprint density at radius 2 is 2.12 bits per heavy atom. The number of oxime groups is 1. The molecule has 0 unspecified atom stereocenters. The van der Waals surface area contributed by atoms with E-state index in [9.17, 15) is 0 Å². The Morgan fingerprint density at radius 1 is 1.35 bits per heavy atom. The molecule has 0 amide bonds. The maximum Gasteiger partial charge on any atom is 0.174 e. The molecule has 0 aliphatic carbocycles. The van der Waals surface area contributed by atoms with Crippen molar-refractivity contribution in [1.82, 2.24) is 0 Å². The van der Waals surface area contributed by atoms with E-state index in [1.165, 1.54) is 6.21 Å². The van der Waals surface area contributed by atoms with Gasteiger partial charge in [-0.1, -0.05) is 12.1 Å². The summed E-state index contributed by atoms with van der Waals surface area (Å²) in [6.45, 7) is 5.20. The number of benzene rings is 1. The average molecular weight is 349 g/mol. The molecule has 0 aromatic heterocycles. The summed E-state index contributed by atoms with van der Waals surface area (Å²) in [5.41, 5.74) is 0.782. The first-order valence-corrected chi connectivity index (χ1v) is 6.57. The van der Waals surface area contributed by atoms with Crippen molar-refractivity contribution in [1.29, 1.82) is 0 Å². The zero-order chi connectivity index (χ0) is 12.7. The van der Waals surface area contributed by atoms with Gasteiger partial charge < -0.3 is 14.7 Å².